The molecule has 3 N–H and O–H groups in total. The van der Waals surface area contributed by atoms with E-state index in [4.69, 9.17) is 5.11 Å². The highest BCUT2D eigenvalue weighted by Gasteiger charge is 2.36. The molecule has 2 aliphatic rings. The number of carboxylic acid groups (broad SMARTS) is 1. The highest BCUT2D eigenvalue weighted by atomic mass is 32.2. The summed E-state index contributed by atoms with van der Waals surface area (Å²) in [5, 5.41) is 12.5. The first-order chi connectivity index (χ1) is 13.8. The second-order valence-corrected chi connectivity index (χ2v) is 10.6. The van der Waals surface area contributed by atoms with Gasteiger partial charge in [0.25, 0.3) is 0 Å². The van der Waals surface area contributed by atoms with Crippen molar-refractivity contribution in [1.82, 2.24) is 10.0 Å². The molecule has 1 aromatic carbocycles. The minimum Gasteiger partial charge on any atom is -0.481 e. The minimum absolute atomic E-state index is 0.0733. The van der Waals surface area contributed by atoms with E-state index < -0.39 is 21.9 Å². The van der Waals surface area contributed by atoms with E-state index in [1.807, 2.05) is 24.3 Å². The predicted octanol–water partition coefficient (Wildman–Crippen LogP) is 3.42. The number of carboxylic acids is 1. The lowest BCUT2D eigenvalue weighted by molar-refractivity contribution is -0.145. The average Bonchev–Trinajstić information content (AvgIpc) is 2.64. The molecule has 1 aromatic rings. The highest BCUT2D eigenvalue weighted by Crippen LogP contribution is 2.29. The predicted molar refractivity (Wildman–Crippen MR) is 114 cm³/mol. The van der Waals surface area contributed by atoms with E-state index in [-0.39, 0.29) is 11.8 Å². The van der Waals surface area contributed by atoms with Gasteiger partial charge in [-0.05, 0) is 43.2 Å². The summed E-state index contributed by atoms with van der Waals surface area (Å²) in [6.07, 6.45) is 8.64. The van der Waals surface area contributed by atoms with Crippen LogP contribution in [-0.2, 0) is 27.1 Å². The summed E-state index contributed by atoms with van der Waals surface area (Å²) in [5.41, 5.74) is 1.80. The van der Waals surface area contributed by atoms with Gasteiger partial charge in [-0.2, -0.15) is 0 Å². The zero-order valence-electron chi connectivity index (χ0n) is 17.3. The van der Waals surface area contributed by atoms with Crippen molar-refractivity contribution in [1.29, 1.82) is 0 Å². The lowest BCUT2D eigenvalue weighted by Gasteiger charge is -2.32. The zero-order valence-corrected chi connectivity index (χ0v) is 18.1. The standard InChI is InChI=1S/C22H34N2O4S/c1-16(11-17-7-3-2-4-8-17)23-14-18-9-5-6-10-19(18)15-29(27,28)24-21-12-20(13-21)22(25)26/h5-6,9-10,16-17,20-21,23-24H,2-4,7-8,11-15H2,1H3,(H,25,26). The quantitative estimate of drug-likeness (QED) is 0.537. The summed E-state index contributed by atoms with van der Waals surface area (Å²) < 4.78 is 27.8. The lowest BCUT2D eigenvalue weighted by Crippen LogP contribution is -2.47. The zero-order chi connectivity index (χ0) is 20.9. The number of carbonyl (C=O) groups is 1. The van der Waals surface area contributed by atoms with E-state index in [0.717, 1.165) is 17.0 Å². The van der Waals surface area contributed by atoms with E-state index >= 15 is 0 Å². The molecule has 2 aliphatic carbocycles. The molecule has 0 saturated heterocycles. The Morgan fingerprint density at radius 3 is 2.45 bits per heavy atom. The Bertz CT molecular complexity index is 784. The molecule has 0 bridgehead atoms. The van der Waals surface area contributed by atoms with Crippen LogP contribution in [-0.4, -0.2) is 31.6 Å². The van der Waals surface area contributed by atoms with Crippen molar-refractivity contribution >= 4 is 16.0 Å². The van der Waals surface area contributed by atoms with Crippen LogP contribution in [0.25, 0.3) is 0 Å². The third-order valence-electron chi connectivity index (χ3n) is 6.35. The SMILES string of the molecule is CC(CC1CCCCC1)NCc1ccccc1CS(=O)(=O)NC1CC(C(=O)O)C1. The second-order valence-electron chi connectivity index (χ2n) is 8.87. The molecule has 162 valence electrons. The monoisotopic (exact) mass is 422 g/mol. The number of nitrogens with one attached hydrogen (secondary N) is 2. The van der Waals surface area contributed by atoms with Gasteiger partial charge in [0, 0.05) is 18.6 Å². The molecule has 2 fully saturated rings. The van der Waals surface area contributed by atoms with Crippen LogP contribution in [0.5, 0.6) is 0 Å². The average molecular weight is 423 g/mol. The Balaban J connectivity index is 1.51. The van der Waals surface area contributed by atoms with Crippen LogP contribution in [0.4, 0.5) is 0 Å². The topological polar surface area (TPSA) is 95.5 Å². The fourth-order valence-corrected chi connectivity index (χ4v) is 6.05. The van der Waals surface area contributed by atoms with Crippen LogP contribution in [0, 0.1) is 11.8 Å². The Morgan fingerprint density at radius 2 is 1.79 bits per heavy atom. The first-order valence-electron chi connectivity index (χ1n) is 10.9. The molecule has 3 rings (SSSR count). The second kappa shape index (κ2) is 10.0. The fraction of sp³-hybridized carbons (Fsp3) is 0.682. The molecular weight excluding hydrogens is 388 g/mol. The first-order valence-corrected chi connectivity index (χ1v) is 12.5. The fourth-order valence-electron chi connectivity index (χ4n) is 4.58. The molecule has 0 aliphatic heterocycles. The van der Waals surface area contributed by atoms with Gasteiger partial charge in [-0.15, -0.1) is 0 Å². The molecule has 1 atom stereocenters. The maximum atomic E-state index is 12.6. The van der Waals surface area contributed by atoms with Crippen molar-refractivity contribution in [3.63, 3.8) is 0 Å². The summed E-state index contributed by atoms with van der Waals surface area (Å²) in [4.78, 5) is 10.9. The number of hydrogen-bond acceptors (Lipinski definition) is 4. The minimum atomic E-state index is -3.50. The molecule has 7 heteroatoms. The number of rotatable bonds is 10. The summed E-state index contributed by atoms with van der Waals surface area (Å²) in [6.45, 7) is 2.87. The molecule has 0 heterocycles. The molecule has 0 amide bonds. The third kappa shape index (κ3) is 6.79. The first kappa shape index (κ1) is 22.2. The van der Waals surface area contributed by atoms with Crippen LogP contribution < -0.4 is 10.0 Å². The Hall–Kier alpha value is -1.44. The highest BCUT2D eigenvalue weighted by molar-refractivity contribution is 7.88. The molecule has 1 unspecified atom stereocenters. The van der Waals surface area contributed by atoms with Crippen molar-refractivity contribution < 1.29 is 18.3 Å². The van der Waals surface area contributed by atoms with E-state index in [0.29, 0.717) is 25.4 Å². The summed E-state index contributed by atoms with van der Waals surface area (Å²) >= 11 is 0. The Kier molecular flexibility index (Phi) is 7.71. The summed E-state index contributed by atoms with van der Waals surface area (Å²) in [6, 6.07) is 7.79. The van der Waals surface area contributed by atoms with Gasteiger partial charge in [0.05, 0.1) is 11.7 Å². The lowest BCUT2D eigenvalue weighted by atomic mass is 9.81. The van der Waals surface area contributed by atoms with Crippen molar-refractivity contribution in [2.45, 2.75) is 82.7 Å². The molecule has 0 radical (unpaired) electrons. The molecule has 0 aromatic heterocycles. The third-order valence-corrected chi connectivity index (χ3v) is 7.73. The summed E-state index contributed by atoms with van der Waals surface area (Å²) in [5.74, 6) is -0.539. The Morgan fingerprint density at radius 1 is 1.14 bits per heavy atom. The van der Waals surface area contributed by atoms with Gasteiger partial charge in [0.2, 0.25) is 10.0 Å². The van der Waals surface area contributed by atoms with Crippen LogP contribution in [0.1, 0.15) is 69.4 Å². The smallest absolute Gasteiger partial charge is 0.306 e. The van der Waals surface area contributed by atoms with Crippen LogP contribution >= 0.6 is 0 Å². The van der Waals surface area contributed by atoms with Gasteiger partial charge in [-0.3, -0.25) is 4.79 Å². The van der Waals surface area contributed by atoms with Gasteiger partial charge in [-0.1, -0.05) is 56.4 Å². The van der Waals surface area contributed by atoms with E-state index in [1.54, 1.807) is 0 Å². The van der Waals surface area contributed by atoms with Gasteiger partial charge in [0.15, 0.2) is 0 Å². The van der Waals surface area contributed by atoms with E-state index in [2.05, 4.69) is 17.0 Å². The van der Waals surface area contributed by atoms with Crippen LogP contribution in [0.15, 0.2) is 24.3 Å². The summed E-state index contributed by atoms with van der Waals surface area (Å²) in [7, 11) is -3.50. The molecule has 2 saturated carbocycles. The largest absolute Gasteiger partial charge is 0.481 e. The van der Waals surface area contributed by atoms with Crippen molar-refractivity contribution in [2.75, 3.05) is 0 Å². The number of sulfonamides is 1. The van der Waals surface area contributed by atoms with E-state index in [1.165, 1.54) is 38.5 Å². The molecule has 29 heavy (non-hydrogen) atoms. The maximum Gasteiger partial charge on any atom is 0.306 e. The molecule has 0 spiro atoms. The number of hydrogen-bond donors (Lipinski definition) is 3. The van der Waals surface area contributed by atoms with Crippen molar-refractivity contribution in [2.24, 2.45) is 11.8 Å². The van der Waals surface area contributed by atoms with Gasteiger partial charge >= 0.3 is 5.97 Å². The number of aliphatic carboxylic acids is 1. The maximum absolute atomic E-state index is 12.6. The number of benzene rings is 1. The van der Waals surface area contributed by atoms with Gasteiger partial charge < -0.3 is 10.4 Å². The van der Waals surface area contributed by atoms with Gasteiger partial charge in [0.1, 0.15) is 0 Å². The van der Waals surface area contributed by atoms with Gasteiger partial charge in [-0.25, -0.2) is 13.1 Å². The normalized spacial score (nSPS) is 24.0. The molecule has 6 nitrogen and oxygen atoms in total. The van der Waals surface area contributed by atoms with E-state index in [9.17, 15) is 13.2 Å². The van der Waals surface area contributed by atoms with Crippen molar-refractivity contribution in [3.8, 4) is 0 Å². The van der Waals surface area contributed by atoms with Crippen LogP contribution in [0.3, 0.4) is 0 Å². The van der Waals surface area contributed by atoms with Crippen LogP contribution in [0.2, 0.25) is 0 Å². The molecular formula is C22H34N2O4S. The Labute approximate surface area is 174 Å². The van der Waals surface area contributed by atoms with Crippen molar-refractivity contribution in [3.05, 3.63) is 35.4 Å².